The summed E-state index contributed by atoms with van der Waals surface area (Å²) in [6.07, 6.45) is 0.854. The van der Waals surface area contributed by atoms with Crippen LogP contribution in [-0.2, 0) is 6.42 Å². The molecule has 0 saturated heterocycles. The van der Waals surface area contributed by atoms with E-state index < -0.39 is 0 Å². The molecule has 4 heteroatoms. The van der Waals surface area contributed by atoms with Crippen LogP contribution in [0.25, 0.3) is 28.3 Å². The van der Waals surface area contributed by atoms with Crippen LogP contribution in [0.2, 0.25) is 0 Å². The lowest BCUT2D eigenvalue weighted by Gasteiger charge is -2.13. The second-order valence-corrected chi connectivity index (χ2v) is 6.71. The Balaban J connectivity index is 1.94. The molecule has 0 saturated carbocycles. The van der Waals surface area contributed by atoms with Crippen LogP contribution in [-0.4, -0.2) is 23.8 Å². The minimum Gasteiger partial charge on any atom is -0.497 e. The van der Waals surface area contributed by atoms with Gasteiger partial charge in [0, 0.05) is 16.8 Å². The summed E-state index contributed by atoms with van der Waals surface area (Å²) >= 11 is 0. The number of hydrogen-bond acceptors (Lipinski definition) is 3. The maximum absolute atomic E-state index is 5.34. The molecular formula is C25H24N2O2. The fraction of sp³-hybridized carbons (Fsp3) is 0.160. The van der Waals surface area contributed by atoms with Gasteiger partial charge in [0.2, 0.25) is 0 Å². The Morgan fingerprint density at radius 1 is 0.724 bits per heavy atom. The summed E-state index contributed by atoms with van der Waals surface area (Å²) in [5.74, 6) is 2.60. The molecule has 4 aromatic rings. The molecule has 0 aliphatic heterocycles. The number of imidazole rings is 1. The summed E-state index contributed by atoms with van der Waals surface area (Å²) in [5, 5.41) is 0. The maximum atomic E-state index is 5.34. The smallest absolute Gasteiger partial charge is 0.145 e. The quantitative estimate of drug-likeness (QED) is 0.422. The van der Waals surface area contributed by atoms with Gasteiger partial charge in [0.15, 0.2) is 0 Å². The fourth-order valence-electron chi connectivity index (χ4n) is 3.55. The molecule has 0 radical (unpaired) electrons. The lowest BCUT2D eigenvalue weighted by atomic mass is 10.1. The van der Waals surface area contributed by atoms with Gasteiger partial charge in [-0.3, -0.25) is 4.57 Å². The van der Waals surface area contributed by atoms with Crippen molar-refractivity contribution in [2.45, 2.75) is 13.3 Å². The summed E-state index contributed by atoms with van der Waals surface area (Å²) in [4.78, 5) is 5.09. The fourth-order valence-corrected chi connectivity index (χ4v) is 3.55. The summed E-state index contributed by atoms with van der Waals surface area (Å²) in [5.41, 5.74) is 5.38. The topological polar surface area (TPSA) is 36.3 Å². The van der Waals surface area contributed by atoms with E-state index in [1.165, 1.54) is 5.69 Å². The molecule has 1 aromatic heterocycles. The standard InChI is InChI=1S/C25H24N2O2/c1-4-23-24(18-10-14-21(28-2)15-11-18)26-25(19-8-6-5-7-9-19)27(23)20-12-16-22(29-3)17-13-20/h5-17H,4H2,1-3H3. The number of hydrogen-bond donors (Lipinski definition) is 0. The van der Waals surface area contributed by atoms with Crippen molar-refractivity contribution in [3.63, 3.8) is 0 Å². The van der Waals surface area contributed by atoms with E-state index in [2.05, 4.69) is 47.9 Å². The summed E-state index contributed by atoms with van der Waals surface area (Å²) in [6, 6.07) is 26.5. The molecule has 146 valence electrons. The van der Waals surface area contributed by atoms with Gasteiger partial charge in [-0.25, -0.2) is 4.98 Å². The van der Waals surface area contributed by atoms with E-state index in [0.717, 1.165) is 46.3 Å². The van der Waals surface area contributed by atoms with Gasteiger partial charge in [-0.2, -0.15) is 0 Å². The van der Waals surface area contributed by atoms with E-state index in [9.17, 15) is 0 Å². The van der Waals surface area contributed by atoms with Crippen molar-refractivity contribution >= 4 is 0 Å². The number of rotatable bonds is 6. The van der Waals surface area contributed by atoms with Crippen LogP contribution in [0.3, 0.4) is 0 Å². The molecular weight excluding hydrogens is 360 g/mol. The predicted octanol–water partition coefficient (Wildman–Crippen LogP) is 5.79. The van der Waals surface area contributed by atoms with Gasteiger partial charge < -0.3 is 9.47 Å². The third kappa shape index (κ3) is 3.61. The molecule has 29 heavy (non-hydrogen) atoms. The van der Waals surface area contributed by atoms with E-state index in [1.54, 1.807) is 14.2 Å². The third-order valence-electron chi connectivity index (χ3n) is 5.03. The summed E-state index contributed by atoms with van der Waals surface area (Å²) in [7, 11) is 3.36. The third-order valence-corrected chi connectivity index (χ3v) is 5.03. The first-order valence-corrected chi connectivity index (χ1v) is 9.71. The molecule has 0 atom stereocenters. The Morgan fingerprint density at radius 2 is 1.31 bits per heavy atom. The van der Waals surface area contributed by atoms with Gasteiger partial charge in [-0.15, -0.1) is 0 Å². The largest absolute Gasteiger partial charge is 0.497 e. The highest BCUT2D eigenvalue weighted by atomic mass is 16.5. The SMILES string of the molecule is CCc1c(-c2ccc(OC)cc2)nc(-c2ccccc2)n1-c1ccc(OC)cc1. The van der Waals surface area contributed by atoms with Crippen molar-refractivity contribution < 1.29 is 9.47 Å². The van der Waals surface area contributed by atoms with Crippen LogP contribution in [0, 0.1) is 0 Å². The summed E-state index contributed by atoms with van der Waals surface area (Å²) in [6.45, 7) is 2.17. The van der Waals surface area contributed by atoms with Crippen molar-refractivity contribution in [2.75, 3.05) is 14.2 Å². The number of methoxy groups -OCH3 is 2. The van der Waals surface area contributed by atoms with Crippen LogP contribution >= 0.6 is 0 Å². The highest BCUT2D eigenvalue weighted by molar-refractivity contribution is 5.71. The first-order valence-electron chi connectivity index (χ1n) is 9.71. The number of ether oxygens (including phenoxy) is 2. The lowest BCUT2D eigenvalue weighted by molar-refractivity contribution is 0.414. The molecule has 0 spiro atoms. The van der Waals surface area contributed by atoms with Crippen LogP contribution in [0.15, 0.2) is 78.9 Å². The summed E-state index contributed by atoms with van der Waals surface area (Å²) < 4.78 is 12.9. The molecule has 1 heterocycles. The average molecular weight is 384 g/mol. The Hall–Kier alpha value is -3.53. The second-order valence-electron chi connectivity index (χ2n) is 6.71. The molecule has 0 N–H and O–H groups in total. The molecule has 0 aliphatic rings. The zero-order valence-corrected chi connectivity index (χ0v) is 16.9. The molecule has 0 aliphatic carbocycles. The van der Waals surface area contributed by atoms with Crippen molar-refractivity contribution in [2.24, 2.45) is 0 Å². The predicted molar refractivity (Wildman–Crippen MR) is 117 cm³/mol. The molecule has 0 bridgehead atoms. The Labute approximate surface area is 171 Å². The highest BCUT2D eigenvalue weighted by Crippen LogP contribution is 2.33. The van der Waals surface area contributed by atoms with Crippen LogP contribution in [0.4, 0.5) is 0 Å². The molecule has 4 rings (SSSR count). The molecule has 0 unspecified atom stereocenters. The van der Waals surface area contributed by atoms with E-state index in [-0.39, 0.29) is 0 Å². The Morgan fingerprint density at radius 3 is 1.86 bits per heavy atom. The molecule has 4 nitrogen and oxygen atoms in total. The Kier molecular flexibility index (Phi) is 5.34. The van der Waals surface area contributed by atoms with Crippen molar-refractivity contribution in [1.29, 1.82) is 0 Å². The first-order chi connectivity index (χ1) is 14.2. The van der Waals surface area contributed by atoms with E-state index in [1.807, 2.05) is 42.5 Å². The van der Waals surface area contributed by atoms with Gasteiger partial charge in [-0.1, -0.05) is 37.3 Å². The van der Waals surface area contributed by atoms with E-state index in [0.29, 0.717) is 0 Å². The molecule has 0 amide bonds. The zero-order chi connectivity index (χ0) is 20.2. The highest BCUT2D eigenvalue weighted by Gasteiger charge is 2.19. The van der Waals surface area contributed by atoms with Crippen LogP contribution < -0.4 is 9.47 Å². The average Bonchev–Trinajstić information content (AvgIpc) is 3.19. The van der Waals surface area contributed by atoms with Crippen molar-refractivity contribution in [3.8, 4) is 39.8 Å². The van der Waals surface area contributed by atoms with Gasteiger partial charge in [0.25, 0.3) is 0 Å². The van der Waals surface area contributed by atoms with Gasteiger partial charge in [0.1, 0.15) is 17.3 Å². The van der Waals surface area contributed by atoms with E-state index >= 15 is 0 Å². The van der Waals surface area contributed by atoms with Gasteiger partial charge in [-0.05, 0) is 55.0 Å². The van der Waals surface area contributed by atoms with Crippen molar-refractivity contribution in [3.05, 3.63) is 84.6 Å². The van der Waals surface area contributed by atoms with Crippen molar-refractivity contribution in [1.82, 2.24) is 9.55 Å². The van der Waals surface area contributed by atoms with Gasteiger partial charge >= 0.3 is 0 Å². The zero-order valence-electron chi connectivity index (χ0n) is 16.9. The second kappa shape index (κ2) is 8.23. The first kappa shape index (κ1) is 18.8. The molecule has 0 fully saturated rings. The Bertz CT molecular complexity index is 1080. The monoisotopic (exact) mass is 384 g/mol. The van der Waals surface area contributed by atoms with Gasteiger partial charge in [0.05, 0.1) is 25.6 Å². The minimum atomic E-state index is 0.837. The van der Waals surface area contributed by atoms with Crippen LogP contribution in [0.5, 0.6) is 11.5 Å². The lowest BCUT2D eigenvalue weighted by Crippen LogP contribution is -2.02. The number of nitrogens with zero attached hydrogens (tertiary/aromatic N) is 2. The number of aromatic nitrogens is 2. The normalized spacial score (nSPS) is 10.7. The number of benzene rings is 3. The maximum Gasteiger partial charge on any atom is 0.145 e. The molecule has 3 aromatic carbocycles. The van der Waals surface area contributed by atoms with E-state index in [4.69, 9.17) is 14.5 Å². The minimum absolute atomic E-state index is 0.837. The van der Waals surface area contributed by atoms with Crippen LogP contribution in [0.1, 0.15) is 12.6 Å².